The third-order valence-corrected chi connectivity index (χ3v) is 2.58. The van der Waals surface area contributed by atoms with Gasteiger partial charge >= 0.3 is 0 Å². The molecule has 0 bridgehead atoms. The predicted octanol–water partition coefficient (Wildman–Crippen LogP) is 1.55. The number of nitrogens with one attached hydrogen (secondary N) is 2. The molecule has 0 aliphatic heterocycles. The first-order valence-electron chi connectivity index (χ1n) is 5.05. The maximum atomic E-state index is 13.8. The monoisotopic (exact) mass is 238 g/mol. The molecule has 2 rings (SSSR count). The van der Waals surface area contributed by atoms with E-state index in [1.165, 1.54) is 25.3 Å². The van der Waals surface area contributed by atoms with Gasteiger partial charge in [0.05, 0.1) is 0 Å². The SMILES string of the molecule is Cc1ccc(C(NN)c2ncc[nH]2)c(F)c1F. The van der Waals surface area contributed by atoms with Crippen LogP contribution in [0.4, 0.5) is 8.78 Å². The van der Waals surface area contributed by atoms with Crippen LogP contribution in [-0.2, 0) is 0 Å². The van der Waals surface area contributed by atoms with Gasteiger partial charge in [-0.25, -0.2) is 19.2 Å². The van der Waals surface area contributed by atoms with E-state index in [0.29, 0.717) is 5.82 Å². The number of aromatic amines is 1. The molecule has 0 saturated carbocycles. The molecule has 4 N–H and O–H groups in total. The molecule has 0 aliphatic carbocycles. The highest BCUT2D eigenvalue weighted by atomic mass is 19.2. The van der Waals surface area contributed by atoms with Gasteiger partial charge < -0.3 is 4.98 Å². The summed E-state index contributed by atoms with van der Waals surface area (Å²) in [6, 6.07) is 2.28. The summed E-state index contributed by atoms with van der Waals surface area (Å²) in [5.41, 5.74) is 2.78. The van der Waals surface area contributed by atoms with Gasteiger partial charge in [-0.15, -0.1) is 0 Å². The number of nitrogens with two attached hydrogens (primary N) is 1. The van der Waals surface area contributed by atoms with Crippen molar-refractivity contribution in [3.8, 4) is 0 Å². The molecule has 6 heteroatoms. The molecule has 1 heterocycles. The topological polar surface area (TPSA) is 66.7 Å². The van der Waals surface area contributed by atoms with Crippen molar-refractivity contribution in [1.29, 1.82) is 0 Å². The molecule has 0 saturated heterocycles. The van der Waals surface area contributed by atoms with Gasteiger partial charge in [0, 0.05) is 18.0 Å². The first-order chi connectivity index (χ1) is 8.15. The number of benzene rings is 1. The molecule has 2 aromatic rings. The van der Waals surface area contributed by atoms with Crippen molar-refractivity contribution in [1.82, 2.24) is 15.4 Å². The van der Waals surface area contributed by atoms with Crippen LogP contribution in [0.15, 0.2) is 24.5 Å². The van der Waals surface area contributed by atoms with Gasteiger partial charge in [0.1, 0.15) is 11.9 Å². The van der Waals surface area contributed by atoms with Crippen LogP contribution in [-0.4, -0.2) is 9.97 Å². The molecule has 0 fully saturated rings. The number of imidazole rings is 1. The zero-order chi connectivity index (χ0) is 12.4. The molecular formula is C11H12F2N4. The minimum Gasteiger partial charge on any atom is -0.347 e. The smallest absolute Gasteiger partial charge is 0.164 e. The lowest BCUT2D eigenvalue weighted by Gasteiger charge is -2.15. The third-order valence-electron chi connectivity index (χ3n) is 2.58. The Kier molecular flexibility index (Phi) is 3.16. The van der Waals surface area contributed by atoms with E-state index < -0.39 is 17.7 Å². The molecule has 4 nitrogen and oxygen atoms in total. The van der Waals surface area contributed by atoms with Crippen molar-refractivity contribution >= 4 is 0 Å². The van der Waals surface area contributed by atoms with Gasteiger partial charge in [0.15, 0.2) is 11.6 Å². The summed E-state index contributed by atoms with van der Waals surface area (Å²) in [6.45, 7) is 1.50. The standard InChI is InChI=1S/C11H12F2N4/c1-6-2-3-7(9(13)8(6)12)10(17-14)11-15-4-5-16-11/h2-5,10,17H,14H2,1H3,(H,15,16). The van der Waals surface area contributed by atoms with Gasteiger partial charge in [0.25, 0.3) is 0 Å². The van der Waals surface area contributed by atoms with Crippen LogP contribution < -0.4 is 11.3 Å². The second-order valence-corrected chi connectivity index (χ2v) is 3.67. The fourth-order valence-corrected chi connectivity index (χ4v) is 1.64. The number of hydrazine groups is 1. The number of rotatable bonds is 3. The fourth-order valence-electron chi connectivity index (χ4n) is 1.64. The van der Waals surface area contributed by atoms with Gasteiger partial charge in [-0.1, -0.05) is 12.1 Å². The first kappa shape index (κ1) is 11.7. The second-order valence-electron chi connectivity index (χ2n) is 3.67. The summed E-state index contributed by atoms with van der Waals surface area (Å²) in [6.07, 6.45) is 3.10. The molecular weight excluding hydrogens is 226 g/mol. The van der Waals surface area contributed by atoms with Crippen LogP contribution in [0, 0.1) is 18.6 Å². The van der Waals surface area contributed by atoms with Crippen molar-refractivity contribution in [3.63, 3.8) is 0 Å². The Bertz CT molecular complexity index is 510. The first-order valence-corrected chi connectivity index (χ1v) is 5.05. The summed E-state index contributed by atoms with van der Waals surface area (Å²) in [5, 5.41) is 0. The highest BCUT2D eigenvalue weighted by Gasteiger charge is 2.21. The number of nitrogens with zero attached hydrogens (tertiary/aromatic N) is 1. The van der Waals surface area contributed by atoms with Gasteiger partial charge in [-0.05, 0) is 12.5 Å². The van der Waals surface area contributed by atoms with Gasteiger partial charge in [0.2, 0.25) is 0 Å². The van der Waals surface area contributed by atoms with Crippen LogP contribution >= 0.6 is 0 Å². The van der Waals surface area contributed by atoms with Crippen LogP contribution in [0.1, 0.15) is 23.0 Å². The molecule has 0 aliphatic rings. The molecule has 17 heavy (non-hydrogen) atoms. The Morgan fingerprint density at radius 1 is 1.35 bits per heavy atom. The lowest BCUT2D eigenvalue weighted by molar-refractivity contribution is 0.475. The van der Waals surface area contributed by atoms with E-state index in [9.17, 15) is 8.78 Å². The summed E-state index contributed by atoms with van der Waals surface area (Å²) in [4.78, 5) is 6.78. The quantitative estimate of drug-likeness (QED) is 0.561. The predicted molar refractivity (Wildman–Crippen MR) is 58.8 cm³/mol. The average Bonchev–Trinajstić information content (AvgIpc) is 2.84. The largest absolute Gasteiger partial charge is 0.347 e. The Hall–Kier alpha value is -1.79. The minimum atomic E-state index is -0.913. The van der Waals surface area contributed by atoms with E-state index >= 15 is 0 Å². The third kappa shape index (κ3) is 2.04. The number of hydrogen-bond acceptors (Lipinski definition) is 3. The van der Waals surface area contributed by atoms with E-state index in [1.54, 1.807) is 6.20 Å². The second kappa shape index (κ2) is 4.60. The Balaban J connectivity index is 2.49. The van der Waals surface area contributed by atoms with Crippen LogP contribution in [0.5, 0.6) is 0 Å². The summed E-state index contributed by atoms with van der Waals surface area (Å²) in [7, 11) is 0. The maximum absolute atomic E-state index is 13.8. The fraction of sp³-hybridized carbons (Fsp3) is 0.182. The number of aryl methyl sites for hydroxylation is 1. The molecule has 1 atom stereocenters. The number of H-pyrrole nitrogens is 1. The number of hydrogen-bond donors (Lipinski definition) is 3. The Morgan fingerprint density at radius 3 is 2.71 bits per heavy atom. The van der Waals surface area contributed by atoms with E-state index in [2.05, 4.69) is 15.4 Å². The highest BCUT2D eigenvalue weighted by molar-refractivity contribution is 5.31. The van der Waals surface area contributed by atoms with Crippen molar-refractivity contribution < 1.29 is 8.78 Å². The van der Waals surface area contributed by atoms with E-state index in [1.807, 2.05) is 0 Å². The Labute approximate surface area is 96.8 Å². The van der Waals surface area contributed by atoms with Crippen molar-refractivity contribution in [2.45, 2.75) is 13.0 Å². The summed E-state index contributed by atoms with van der Waals surface area (Å²) >= 11 is 0. The molecule has 0 spiro atoms. The van der Waals surface area contributed by atoms with Crippen molar-refractivity contribution in [2.75, 3.05) is 0 Å². The van der Waals surface area contributed by atoms with E-state index in [-0.39, 0.29) is 11.1 Å². The lowest BCUT2D eigenvalue weighted by atomic mass is 10.0. The van der Waals surface area contributed by atoms with Crippen LogP contribution in [0.3, 0.4) is 0 Å². The average molecular weight is 238 g/mol. The summed E-state index contributed by atoms with van der Waals surface area (Å²) in [5.74, 6) is 4.00. The molecule has 0 radical (unpaired) electrons. The summed E-state index contributed by atoms with van der Waals surface area (Å²) < 4.78 is 27.2. The van der Waals surface area contributed by atoms with E-state index in [0.717, 1.165) is 0 Å². The lowest BCUT2D eigenvalue weighted by Crippen LogP contribution is -2.30. The van der Waals surface area contributed by atoms with Crippen molar-refractivity contribution in [3.05, 3.63) is 53.1 Å². The van der Waals surface area contributed by atoms with Crippen LogP contribution in [0.25, 0.3) is 0 Å². The van der Waals surface area contributed by atoms with Gasteiger partial charge in [-0.3, -0.25) is 5.84 Å². The molecule has 0 amide bonds. The normalized spacial score (nSPS) is 12.7. The maximum Gasteiger partial charge on any atom is 0.164 e. The molecule has 1 aromatic carbocycles. The van der Waals surface area contributed by atoms with E-state index in [4.69, 9.17) is 5.84 Å². The zero-order valence-electron chi connectivity index (χ0n) is 9.17. The number of aromatic nitrogens is 2. The zero-order valence-corrected chi connectivity index (χ0v) is 9.17. The molecule has 1 aromatic heterocycles. The minimum absolute atomic E-state index is 0.116. The van der Waals surface area contributed by atoms with Crippen molar-refractivity contribution in [2.24, 2.45) is 5.84 Å². The van der Waals surface area contributed by atoms with Gasteiger partial charge in [-0.2, -0.15) is 0 Å². The highest BCUT2D eigenvalue weighted by Crippen LogP contribution is 2.24. The molecule has 90 valence electrons. The molecule has 1 unspecified atom stereocenters. The number of halogens is 2. The Morgan fingerprint density at radius 2 is 2.12 bits per heavy atom. The van der Waals surface area contributed by atoms with Crippen LogP contribution in [0.2, 0.25) is 0 Å².